The van der Waals surface area contributed by atoms with Gasteiger partial charge in [0.2, 0.25) is 5.91 Å². The highest BCUT2D eigenvalue weighted by molar-refractivity contribution is 7.09. The highest BCUT2D eigenvalue weighted by atomic mass is 32.1. The zero-order chi connectivity index (χ0) is 19.4. The third kappa shape index (κ3) is 4.45. The van der Waals surface area contributed by atoms with E-state index in [4.69, 9.17) is 4.74 Å². The normalized spacial score (nSPS) is 20.8. The molecule has 2 fully saturated rings. The maximum atomic E-state index is 13.1. The van der Waals surface area contributed by atoms with Crippen LogP contribution in [0.4, 0.5) is 0 Å². The fourth-order valence-corrected chi connectivity index (χ4v) is 4.97. The summed E-state index contributed by atoms with van der Waals surface area (Å²) in [5.41, 5.74) is 2.06. The first-order valence-corrected chi connectivity index (χ1v) is 11.1. The SMILES string of the molecule is Cc1nc(CN2CCC(C(=O)NC3(c4ccccc4)CCOCC3)CC2)cs1. The first-order chi connectivity index (χ1) is 13.6. The molecule has 0 spiro atoms. The lowest BCUT2D eigenvalue weighted by Gasteiger charge is -2.40. The van der Waals surface area contributed by atoms with E-state index < -0.39 is 0 Å². The number of likely N-dealkylation sites (tertiary alicyclic amines) is 1. The summed E-state index contributed by atoms with van der Waals surface area (Å²) in [6.45, 7) is 6.24. The van der Waals surface area contributed by atoms with E-state index in [-0.39, 0.29) is 17.4 Å². The number of hydrogen-bond donors (Lipinski definition) is 1. The van der Waals surface area contributed by atoms with Crippen LogP contribution < -0.4 is 5.32 Å². The molecule has 0 bridgehead atoms. The van der Waals surface area contributed by atoms with Crippen LogP contribution >= 0.6 is 11.3 Å². The number of amides is 1. The van der Waals surface area contributed by atoms with E-state index in [1.54, 1.807) is 11.3 Å². The summed E-state index contributed by atoms with van der Waals surface area (Å²) in [7, 11) is 0. The minimum atomic E-state index is -0.286. The van der Waals surface area contributed by atoms with Gasteiger partial charge >= 0.3 is 0 Å². The van der Waals surface area contributed by atoms with Gasteiger partial charge in [0.1, 0.15) is 0 Å². The number of nitrogens with one attached hydrogen (secondary N) is 1. The summed E-state index contributed by atoms with van der Waals surface area (Å²) in [4.78, 5) is 20.1. The Morgan fingerprint density at radius 2 is 1.96 bits per heavy atom. The number of piperidine rings is 1. The van der Waals surface area contributed by atoms with Crippen molar-refractivity contribution >= 4 is 17.2 Å². The molecule has 1 N–H and O–H groups in total. The average Bonchev–Trinajstić information content (AvgIpc) is 3.14. The van der Waals surface area contributed by atoms with Gasteiger partial charge < -0.3 is 10.1 Å². The van der Waals surface area contributed by atoms with Crippen molar-refractivity contribution in [3.63, 3.8) is 0 Å². The Morgan fingerprint density at radius 3 is 2.61 bits per heavy atom. The van der Waals surface area contributed by atoms with Crippen LogP contribution in [0.2, 0.25) is 0 Å². The molecule has 0 unspecified atom stereocenters. The first-order valence-electron chi connectivity index (χ1n) is 10.2. The van der Waals surface area contributed by atoms with Crippen LogP contribution in [0.25, 0.3) is 0 Å². The molecule has 2 saturated heterocycles. The van der Waals surface area contributed by atoms with Gasteiger partial charge in [-0.3, -0.25) is 9.69 Å². The van der Waals surface area contributed by atoms with Crippen molar-refractivity contribution in [2.24, 2.45) is 5.92 Å². The molecule has 2 aliphatic rings. The lowest BCUT2D eigenvalue weighted by Crippen LogP contribution is -2.52. The molecule has 0 atom stereocenters. The van der Waals surface area contributed by atoms with Gasteiger partial charge in [-0.2, -0.15) is 0 Å². The molecule has 1 aromatic heterocycles. The Hall–Kier alpha value is -1.76. The Balaban J connectivity index is 1.36. The summed E-state index contributed by atoms with van der Waals surface area (Å²) in [5, 5.41) is 6.70. The number of benzene rings is 1. The molecular weight excluding hydrogens is 370 g/mol. The summed E-state index contributed by atoms with van der Waals surface area (Å²) < 4.78 is 5.58. The molecule has 2 aliphatic heterocycles. The number of ether oxygens (including phenoxy) is 1. The molecule has 1 amide bonds. The van der Waals surface area contributed by atoms with E-state index in [9.17, 15) is 4.79 Å². The van der Waals surface area contributed by atoms with Crippen LogP contribution in [-0.4, -0.2) is 42.1 Å². The Kier molecular flexibility index (Phi) is 6.09. The fraction of sp³-hybridized carbons (Fsp3) is 0.545. The zero-order valence-electron chi connectivity index (χ0n) is 16.5. The van der Waals surface area contributed by atoms with Crippen molar-refractivity contribution < 1.29 is 9.53 Å². The minimum Gasteiger partial charge on any atom is -0.381 e. The third-order valence-electron chi connectivity index (χ3n) is 6.05. The smallest absolute Gasteiger partial charge is 0.223 e. The van der Waals surface area contributed by atoms with Gasteiger partial charge in [0, 0.05) is 31.1 Å². The van der Waals surface area contributed by atoms with Gasteiger partial charge in [0.15, 0.2) is 0 Å². The molecule has 1 aromatic carbocycles. The third-order valence-corrected chi connectivity index (χ3v) is 6.87. The molecule has 0 aliphatic carbocycles. The van der Waals surface area contributed by atoms with E-state index in [2.05, 4.69) is 44.8 Å². The van der Waals surface area contributed by atoms with Gasteiger partial charge in [-0.25, -0.2) is 4.98 Å². The van der Waals surface area contributed by atoms with Crippen molar-refractivity contribution in [2.75, 3.05) is 26.3 Å². The van der Waals surface area contributed by atoms with Gasteiger partial charge in [-0.15, -0.1) is 11.3 Å². The molecule has 150 valence electrons. The highest BCUT2D eigenvalue weighted by Crippen LogP contribution is 2.33. The topological polar surface area (TPSA) is 54.5 Å². The van der Waals surface area contributed by atoms with Gasteiger partial charge in [-0.05, 0) is 51.3 Å². The van der Waals surface area contributed by atoms with Crippen molar-refractivity contribution in [1.29, 1.82) is 0 Å². The summed E-state index contributed by atoms with van der Waals surface area (Å²) in [6, 6.07) is 10.4. The highest BCUT2D eigenvalue weighted by Gasteiger charge is 2.38. The van der Waals surface area contributed by atoms with Crippen LogP contribution in [0.5, 0.6) is 0 Å². The van der Waals surface area contributed by atoms with Crippen LogP contribution in [0.1, 0.15) is 41.9 Å². The number of nitrogens with zero attached hydrogens (tertiary/aromatic N) is 2. The molecule has 2 aromatic rings. The summed E-state index contributed by atoms with van der Waals surface area (Å²) >= 11 is 1.70. The molecule has 0 radical (unpaired) electrons. The minimum absolute atomic E-state index is 0.0943. The molecule has 5 nitrogen and oxygen atoms in total. The Labute approximate surface area is 171 Å². The first kappa shape index (κ1) is 19.6. The Morgan fingerprint density at radius 1 is 1.25 bits per heavy atom. The van der Waals surface area contributed by atoms with Gasteiger partial charge in [-0.1, -0.05) is 30.3 Å². The van der Waals surface area contributed by atoms with Crippen LogP contribution in [-0.2, 0) is 21.6 Å². The van der Waals surface area contributed by atoms with E-state index in [1.807, 2.05) is 13.0 Å². The van der Waals surface area contributed by atoms with Crippen LogP contribution in [0, 0.1) is 12.8 Å². The molecule has 0 saturated carbocycles. The standard InChI is InChI=1S/C22H29N3O2S/c1-17-23-20(16-28-17)15-25-11-7-18(8-12-25)21(26)24-22(9-13-27-14-10-22)19-5-3-2-4-6-19/h2-6,16,18H,7-15H2,1H3,(H,24,26). The largest absolute Gasteiger partial charge is 0.381 e. The number of carbonyl (C=O) groups excluding carboxylic acids is 1. The lowest BCUT2D eigenvalue weighted by atomic mass is 9.81. The van der Waals surface area contributed by atoms with Crippen molar-refractivity contribution in [2.45, 2.75) is 44.7 Å². The Bertz CT molecular complexity index is 778. The van der Waals surface area contributed by atoms with Crippen molar-refractivity contribution in [3.8, 4) is 0 Å². The second kappa shape index (κ2) is 8.72. The molecular formula is C22H29N3O2S. The maximum Gasteiger partial charge on any atom is 0.223 e. The summed E-state index contributed by atoms with van der Waals surface area (Å²) in [6.07, 6.45) is 3.50. The average molecular weight is 400 g/mol. The zero-order valence-corrected chi connectivity index (χ0v) is 17.3. The predicted molar refractivity (Wildman–Crippen MR) is 111 cm³/mol. The second-order valence-electron chi connectivity index (χ2n) is 7.96. The van der Waals surface area contributed by atoms with Crippen molar-refractivity contribution in [1.82, 2.24) is 15.2 Å². The fourth-order valence-electron chi connectivity index (χ4n) is 4.36. The number of aromatic nitrogens is 1. The number of thiazole rings is 1. The van der Waals surface area contributed by atoms with E-state index in [1.165, 1.54) is 5.56 Å². The lowest BCUT2D eigenvalue weighted by molar-refractivity contribution is -0.130. The number of hydrogen-bond acceptors (Lipinski definition) is 5. The van der Waals surface area contributed by atoms with E-state index in [0.717, 1.165) is 56.0 Å². The monoisotopic (exact) mass is 399 g/mol. The maximum absolute atomic E-state index is 13.1. The van der Waals surface area contributed by atoms with Gasteiger partial charge in [0.05, 0.1) is 16.2 Å². The summed E-state index contributed by atoms with van der Waals surface area (Å²) in [5.74, 6) is 0.298. The number of carbonyl (C=O) groups is 1. The second-order valence-corrected chi connectivity index (χ2v) is 9.02. The van der Waals surface area contributed by atoms with Gasteiger partial charge in [0.25, 0.3) is 0 Å². The molecule has 6 heteroatoms. The van der Waals surface area contributed by atoms with Crippen LogP contribution in [0.3, 0.4) is 0 Å². The molecule has 28 heavy (non-hydrogen) atoms. The van der Waals surface area contributed by atoms with Crippen LogP contribution in [0.15, 0.2) is 35.7 Å². The predicted octanol–water partition coefficient (Wildman–Crippen LogP) is 3.49. The number of rotatable bonds is 5. The van der Waals surface area contributed by atoms with E-state index >= 15 is 0 Å². The quantitative estimate of drug-likeness (QED) is 0.836. The molecule has 3 heterocycles. The number of aryl methyl sites for hydroxylation is 1. The van der Waals surface area contributed by atoms with Crippen molar-refractivity contribution in [3.05, 3.63) is 52.0 Å². The van der Waals surface area contributed by atoms with E-state index in [0.29, 0.717) is 13.2 Å². The molecule has 4 rings (SSSR count).